The standard InChI is InChI=1S/C19H18Br2O2/c20-18-10-8-16(22)12-14(18)6-4-2-1-3-5-7-15-13-17(23)9-11-19(15)21/h4-13,22-23H,1-3H2/b6-4+,7-5+. The molecule has 0 spiro atoms. The molecule has 0 saturated heterocycles. The van der Waals surface area contributed by atoms with Crippen LogP contribution in [0.1, 0.15) is 30.4 Å². The van der Waals surface area contributed by atoms with Gasteiger partial charge in [-0.15, -0.1) is 0 Å². The van der Waals surface area contributed by atoms with Crippen molar-refractivity contribution < 1.29 is 10.2 Å². The van der Waals surface area contributed by atoms with Gasteiger partial charge >= 0.3 is 0 Å². The Labute approximate surface area is 153 Å². The van der Waals surface area contributed by atoms with E-state index in [9.17, 15) is 10.2 Å². The first-order chi connectivity index (χ1) is 11.1. The van der Waals surface area contributed by atoms with Gasteiger partial charge in [-0.05, 0) is 66.8 Å². The van der Waals surface area contributed by atoms with Crippen LogP contribution in [-0.4, -0.2) is 10.2 Å². The molecule has 0 atom stereocenters. The predicted octanol–water partition coefficient (Wildman–Crippen LogP) is 6.52. The minimum absolute atomic E-state index is 0.271. The van der Waals surface area contributed by atoms with E-state index in [1.165, 1.54) is 0 Å². The highest BCUT2D eigenvalue weighted by Crippen LogP contribution is 2.24. The van der Waals surface area contributed by atoms with E-state index < -0.39 is 0 Å². The van der Waals surface area contributed by atoms with E-state index in [4.69, 9.17) is 0 Å². The molecule has 23 heavy (non-hydrogen) atoms. The van der Waals surface area contributed by atoms with Crippen molar-refractivity contribution in [3.05, 3.63) is 68.6 Å². The van der Waals surface area contributed by atoms with Gasteiger partial charge in [0.05, 0.1) is 0 Å². The largest absolute Gasteiger partial charge is 0.508 e. The van der Waals surface area contributed by atoms with Gasteiger partial charge in [0.25, 0.3) is 0 Å². The lowest BCUT2D eigenvalue weighted by molar-refractivity contribution is 0.474. The van der Waals surface area contributed by atoms with Crippen LogP contribution in [0.25, 0.3) is 12.2 Å². The Morgan fingerprint density at radius 3 is 1.61 bits per heavy atom. The van der Waals surface area contributed by atoms with Crippen molar-refractivity contribution in [1.29, 1.82) is 0 Å². The summed E-state index contributed by atoms with van der Waals surface area (Å²) in [6.07, 6.45) is 11.2. The average molecular weight is 438 g/mol. The molecule has 2 N–H and O–H groups in total. The SMILES string of the molecule is Oc1ccc(Br)c(/C=C/CCC/C=C/c2cc(O)ccc2Br)c1. The van der Waals surface area contributed by atoms with Crippen LogP contribution in [0.4, 0.5) is 0 Å². The molecule has 0 aliphatic heterocycles. The smallest absolute Gasteiger partial charge is 0.116 e. The molecule has 0 fully saturated rings. The van der Waals surface area contributed by atoms with Crippen LogP contribution in [0.15, 0.2) is 57.5 Å². The van der Waals surface area contributed by atoms with E-state index in [-0.39, 0.29) is 11.5 Å². The lowest BCUT2D eigenvalue weighted by Gasteiger charge is -2.00. The van der Waals surface area contributed by atoms with E-state index in [0.29, 0.717) is 0 Å². The molecule has 0 saturated carbocycles. The number of phenolic OH excluding ortho intramolecular Hbond substituents is 2. The molecular weight excluding hydrogens is 420 g/mol. The number of rotatable bonds is 6. The summed E-state index contributed by atoms with van der Waals surface area (Å²) in [5.74, 6) is 0.542. The third-order valence-electron chi connectivity index (χ3n) is 3.30. The Balaban J connectivity index is 1.79. The van der Waals surface area contributed by atoms with Gasteiger partial charge in [0, 0.05) is 8.95 Å². The average Bonchev–Trinajstić information content (AvgIpc) is 2.52. The fraction of sp³-hybridized carbons (Fsp3) is 0.158. The number of hydrogen-bond donors (Lipinski definition) is 2. The molecule has 0 unspecified atom stereocenters. The fourth-order valence-corrected chi connectivity index (χ4v) is 2.85. The van der Waals surface area contributed by atoms with Crippen molar-refractivity contribution in [2.75, 3.05) is 0 Å². The van der Waals surface area contributed by atoms with Crippen LogP contribution in [0, 0.1) is 0 Å². The number of allylic oxidation sites excluding steroid dienone is 2. The van der Waals surface area contributed by atoms with Gasteiger partial charge in [0.1, 0.15) is 11.5 Å². The molecule has 0 aliphatic rings. The van der Waals surface area contributed by atoms with Gasteiger partial charge in [-0.2, -0.15) is 0 Å². The molecule has 2 nitrogen and oxygen atoms in total. The number of benzene rings is 2. The highest BCUT2D eigenvalue weighted by atomic mass is 79.9. The molecular formula is C19H18Br2O2. The summed E-state index contributed by atoms with van der Waals surface area (Å²) in [6.45, 7) is 0. The zero-order chi connectivity index (χ0) is 16.7. The van der Waals surface area contributed by atoms with Crippen molar-refractivity contribution in [1.82, 2.24) is 0 Å². The van der Waals surface area contributed by atoms with E-state index in [1.807, 2.05) is 24.3 Å². The van der Waals surface area contributed by atoms with Crippen molar-refractivity contribution in [3.8, 4) is 11.5 Å². The first-order valence-electron chi connectivity index (χ1n) is 7.36. The van der Waals surface area contributed by atoms with E-state index in [2.05, 4.69) is 44.0 Å². The molecule has 2 aromatic carbocycles. The summed E-state index contributed by atoms with van der Waals surface area (Å²) in [4.78, 5) is 0. The summed E-state index contributed by atoms with van der Waals surface area (Å²) in [5.41, 5.74) is 1.95. The summed E-state index contributed by atoms with van der Waals surface area (Å²) in [6, 6.07) is 10.5. The van der Waals surface area contributed by atoms with Crippen LogP contribution in [0.5, 0.6) is 11.5 Å². The number of halogens is 2. The van der Waals surface area contributed by atoms with E-state index in [1.54, 1.807) is 24.3 Å². The molecule has 0 bridgehead atoms. The molecule has 0 amide bonds. The second kappa shape index (κ2) is 8.94. The van der Waals surface area contributed by atoms with Crippen LogP contribution < -0.4 is 0 Å². The Bertz CT molecular complexity index is 660. The lowest BCUT2D eigenvalue weighted by atomic mass is 10.1. The zero-order valence-corrected chi connectivity index (χ0v) is 15.7. The van der Waals surface area contributed by atoms with Gasteiger partial charge < -0.3 is 10.2 Å². The number of unbranched alkanes of at least 4 members (excludes halogenated alkanes) is 2. The number of phenols is 2. The van der Waals surface area contributed by atoms with Crippen LogP contribution >= 0.6 is 31.9 Å². The van der Waals surface area contributed by atoms with Gasteiger partial charge in [-0.3, -0.25) is 0 Å². The highest BCUT2D eigenvalue weighted by Gasteiger charge is 1.98. The maximum atomic E-state index is 9.47. The van der Waals surface area contributed by atoms with Crippen LogP contribution in [-0.2, 0) is 0 Å². The Morgan fingerprint density at radius 1 is 0.739 bits per heavy atom. The summed E-state index contributed by atoms with van der Waals surface area (Å²) < 4.78 is 1.94. The molecule has 4 heteroatoms. The molecule has 2 rings (SSSR count). The van der Waals surface area contributed by atoms with Crippen molar-refractivity contribution in [2.24, 2.45) is 0 Å². The predicted molar refractivity (Wildman–Crippen MR) is 104 cm³/mol. The van der Waals surface area contributed by atoms with Gasteiger partial charge in [0.2, 0.25) is 0 Å². The monoisotopic (exact) mass is 436 g/mol. The van der Waals surface area contributed by atoms with Crippen LogP contribution in [0.3, 0.4) is 0 Å². The minimum Gasteiger partial charge on any atom is -0.508 e. The Hall–Kier alpha value is -1.52. The quantitative estimate of drug-likeness (QED) is 0.505. The second-order valence-electron chi connectivity index (χ2n) is 5.15. The molecule has 0 aliphatic carbocycles. The Morgan fingerprint density at radius 2 is 1.17 bits per heavy atom. The van der Waals surface area contributed by atoms with E-state index >= 15 is 0 Å². The number of aromatic hydroxyl groups is 2. The summed E-state index contributed by atoms with van der Waals surface area (Å²) >= 11 is 6.93. The maximum Gasteiger partial charge on any atom is 0.116 e. The molecule has 120 valence electrons. The van der Waals surface area contributed by atoms with Gasteiger partial charge in [-0.25, -0.2) is 0 Å². The third-order valence-corrected chi connectivity index (χ3v) is 4.74. The topological polar surface area (TPSA) is 40.5 Å². The minimum atomic E-state index is 0.271. The van der Waals surface area contributed by atoms with Crippen molar-refractivity contribution in [2.45, 2.75) is 19.3 Å². The van der Waals surface area contributed by atoms with Crippen molar-refractivity contribution in [3.63, 3.8) is 0 Å². The fourth-order valence-electron chi connectivity index (χ4n) is 2.09. The Kier molecular flexibility index (Phi) is 6.93. The van der Waals surface area contributed by atoms with E-state index in [0.717, 1.165) is 39.3 Å². The first-order valence-corrected chi connectivity index (χ1v) is 8.95. The summed E-state index contributed by atoms with van der Waals surface area (Å²) in [5, 5.41) is 18.9. The van der Waals surface area contributed by atoms with Gasteiger partial charge in [0.15, 0.2) is 0 Å². The first kappa shape index (κ1) is 17.8. The molecule has 0 radical (unpaired) electrons. The second-order valence-corrected chi connectivity index (χ2v) is 6.86. The highest BCUT2D eigenvalue weighted by molar-refractivity contribution is 9.10. The maximum absolute atomic E-state index is 9.47. The molecule has 2 aromatic rings. The van der Waals surface area contributed by atoms with Crippen LogP contribution in [0.2, 0.25) is 0 Å². The zero-order valence-electron chi connectivity index (χ0n) is 12.5. The number of hydrogen-bond acceptors (Lipinski definition) is 2. The summed E-state index contributed by atoms with van der Waals surface area (Å²) in [7, 11) is 0. The lowest BCUT2D eigenvalue weighted by Crippen LogP contribution is -1.77. The normalized spacial score (nSPS) is 11.6. The van der Waals surface area contributed by atoms with Crippen molar-refractivity contribution >= 4 is 44.0 Å². The molecule has 0 heterocycles. The third kappa shape index (κ3) is 5.88. The molecule has 0 aromatic heterocycles. The van der Waals surface area contributed by atoms with Gasteiger partial charge in [-0.1, -0.05) is 56.2 Å².